The van der Waals surface area contributed by atoms with Crippen molar-refractivity contribution >= 4 is 23.6 Å². The molecule has 0 aromatic heterocycles. The zero-order chi connectivity index (χ0) is 12.3. The fraction of sp³-hybridized carbons (Fsp3) is 0.818. The van der Waals surface area contributed by atoms with E-state index in [1.165, 1.54) is 0 Å². The molecule has 2 amide bonds. The van der Waals surface area contributed by atoms with Crippen LogP contribution in [0.25, 0.3) is 0 Å². The Morgan fingerprint density at radius 1 is 1.44 bits per heavy atom. The van der Waals surface area contributed by atoms with Gasteiger partial charge in [0.1, 0.15) is 11.6 Å². The Morgan fingerprint density at radius 2 is 2.06 bits per heavy atom. The normalized spacial score (nSPS) is 24.5. The third-order valence-corrected chi connectivity index (χ3v) is 3.52. The van der Waals surface area contributed by atoms with Crippen LogP contribution in [-0.4, -0.2) is 46.8 Å². The summed E-state index contributed by atoms with van der Waals surface area (Å²) in [6, 6.07) is -0.345. The van der Waals surface area contributed by atoms with Crippen molar-refractivity contribution in [2.75, 3.05) is 18.6 Å². The Bertz CT molecular complexity index is 292. The number of thioether (sulfide) groups is 1. The average molecular weight is 244 g/mol. The second-order valence-electron chi connectivity index (χ2n) is 4.64. The molecule has 0 aromatic rings. The zero-order valence-electron chi connectivity index (χ0n) is 10.4. The number of hydrogen-bond acceptors (Lipinski definition) is 3. The highest BCUT2D eigenvalue weighted by Crippen LogP contribution is 2.18. The van der Waals surface area contributed by atoms with Gasteiger partial charge in [-0.25, -0.2) is 0 Å². The number of amides is 2. The molecule has 5 heteroatoms. The highest BCUT2D eigenvalue weighted by Gasteiger charge is 2.42. The van der Waals surface area contributed by atoms with Crippen LogP contribution in [0.1, 0.15) is 27.2 Å². The molecule has 0 spiro atoms. The maximum atomic E-state index is 12.1. The SMILES string of the molecule is CSCCCN1C(=O)C(C)(C)NC(=O)C1C. The quantitative estimate of drug-likeness (QED) is 0.746. The van der Waals surface area contributed by atoms with Crippen LogP contribution in [-0.2, 0) is 9.59 Å². The molecular formula is C11H20N2O2S. The van der Waals surface area contributed by atoms with Gasteiger partial charge in [-0.15, -0.1) is 0 Å². The highest BCUT2D eigenvalue weighted by atomic mass is 32.2. The van der Waals surface area contributed by atoms with Crippen LogP contribution < -0.4 is 5.32 Å². The molecule has 0 aromatic carbocycles. The molecule has 1 aliphatic rings. The molecular weight excluding hydrogens is 224 g/mol. The lowest BCUT2D eigenvalue weighted by atomic mass is 9.97. The number of piperazine rings is 1. The molecule has 0 bridgehead atoms. The van der Waals surface area contributed by atoms with E-state index in [0.29, 0.717) is 6.54 Å². The number of hydrogen-bond donors (Lipinski definition) is 1. The van der Waals surface area contributed by atoms with Crippen molar-refractivity contribution in [3.8, 4) is 0 Å². The lowest BCUT2D eigenvalue weighted by Gasteiger charge is -2.41. The maximum absolute atomic E-state index is 12.1. The minimum atomic E-state index is -0.761. The monoisotopic (exact) mass is 244 g/mol. The third-order valence-electron chi connectivity index (χ3n) is 2.83. The molecule has 1 fully saturated rings. The van der Waals surface area contributed by atoms with E-state index in [9.17, 15) is 9.59 Å². The standard InChI is InChI=1S/C11H20N2O2S/c1-8-9(14)12-11(2,3)10(15)13(8)6-5-7-16-4/h8H,5-7H2,1-4H3,(H,12,14). The van der Waals surface area contributed by atoms with Crippen LogP contribution >= 0.6 is 11.8 Å². The molecule has 16 heavy (non-hydrogen) atoms. The Morgan fingerprint density at radius 3 is 2.62 bits per heavy atom. The fourth-order valence-electron chi connectivity index (χ4n) is 1.82. The number of carbonyl (C=O) groups excluding carboxylic acids is 2. The minimum Gasteiger partial charge on any atom is -0.340 e. The molecule has 1 atom stereocenters. The lowest BCUT2D eigenvalue weighted by Crippen LogP contribution is -2.67. The Balaban J connectivity index is 2.70. The van der Waals surface area contributed by atoms with E-state index in [2.05, 4.69) is 5.32 Å². The first-order chi connectivity index (χ1) is 7.40. The van der Waals surface area contributed by atoms with Gasteiger partial charge in [0, 0.05) is 6.54 Å². The molecule has 92 valence electrons. The van der Waals surface area contributed by atoms with Crippen LogP contribution in [0.15, 0.2) is 0 Å². The predicted octanol–water partition coefficient (Wildman–Crippen LogP) is 0.865. The Hall–Kier alpha value is -0.710. The van der Waals surface area contributed by atoms with E-state index < -0.39 is 5.54 Å². The number of carbonyl (C=O) groups is 2. The summed E-state index contributed by atoms with van der Waals surface area (Å²) in [6.45, 7) is 5.95. The van der Waals surface area contributed by atoms with Gasteiger partial charge in [0.25, 0.3) is 0 Å². The van der Waals surface area contributed by atoms with Crippen molar-refractivity contribution in [1.82, 2.24) is 10.2 Å². The minimum absolute atomic E-state index is 0.0145. The summed E-state index contributed by atoms with van der Waals surface area (Å²) >= 11 is 1.75. The van der Waals surface area contributed by atoms with Crippen LogP contribution in [0.3, 0.4) is 0 Å². The highest BCUT2D eigenvalue weighted by molar-refractivity contribution is 7.98. The fourth-order valence-corrected chi connectivity index (χ4v) is 2.23. The van der Waals surface area contributed by atoms with E-state index in [1.54, 1.807) is 37.4 Å². The summed E-state index contributed by atoms with van der Waals surface area (Å²) in [5.74, 6) is 0.966. The summed E-state index contributed by atoms with van der Waals surface area (Å²) in [7, 11) is 0. The van der Waals surface area contributed by atoms with Gasteiger partial charge in [-0.05, 0) is 39.2 Å². The van der Waals surface area contributed by atoms with E-state index in [4.69, 9.17) is 0 Å². The molecule has 0 saturated carbocycles. The number of rotatable bonds is 4. The molecule has 1 unspecified atom stereocenters. The summed E-state index contributed by atoms with van der Waals surface area (Å²) in [4.78, 5) is 25.5. The molecule has 1 heterocycles. The second kappa shape index (κ2) is 5.08. The summed E-state index contributed by atoms with van der Waals surface area (Å²) in [5.41, 5.74) is -0.761. The van der Waals surface area contributed by atoms with E-state index in [-0.39, 0.29) is 17.9 Å². The largest absolute Gasteiger partial charge is 0.340 e. The van der Waals surface area contributed by atoms with Gasteiger partial charge in [-0.1, -0.05) is 0 Å². The first-order valence-corrected chi connectivity index (χ1v) is 6.91. The van der Waals surface area contributed by atoms with Gasteiger partial charge in [0.2, 0.25) is 11.8 Å². The average Bonchev–Trinajstić information content (AvgIpc) is 2.20. The van der Waals surface area contributed by atoms with E-state index in [1.807, 2.05) is 6.26 Å². The van der Waals surface area contributed by atoms with Gasteiger partial charge < -0.3 is 10.2 Å². The van der Waals surface area contributed by atoms with Crippen LogP contribution in [0, 0.1) is 0 Å². The summed E-state index contributed by atoms with van der Waals surface area (Å²) in [5, 5.41) is 2.74. The molecule has 1 N–H and O–H groups in total. The predicted molar refractivity (Wildman–Crippen MR) is 66.4 cm³/mol. The Kier molecular flexibility index (Phi) is 4.24. The van der Waals surface area contributed by atoms with Gasteiger partial charge in [-0.2, -0.15) is 11.8 Å². The van der Waals surface area contributed by atoms with Gasteiger partial charge in [-0.3, -0.25) is 9.59 Å². The first-order valence-electron chi connectivity index (χ1n) is 5.52. The smallest absolute Gasteiger partial charge is 0.248 e. The number of nitrogens with one attached hydrogen (secondary N) is 1. The lowest BCUT2D eigenvalue weighted by molar-refractivity contribution is -0.152. The molecule has 1 rings (SSSR count). The van der Waals surface area contributed by atoms with Crippen molar-refractivity contribution in [2.24, 2.45) is 0 Å². The molecule has 1 aliphatic heterocycles. The van der Waals surface area contributed by atoms with Crippen molar-refractivity contribution in [2.45, 2.75) is 38.8 Å². The van der Waals surface area contributed by atoms with Crippen molar-refractivity contribution in [1.29, 1.82) is 0 Å². The molecule has 0 aliphatic carbocycles. The van der Waals surface area contributed by atoms with Gasteiger partial charge in [0.05, 0.1) is 0 Å². The maximum Gasteiger partial charge on any atom is 0.248 e. The number of nitrogens with zero attached hydrogens (tertiary/aromatic N) is 1. The molecule has 4 nitrogen and oxygen atoms in total. The van der Waals surface area contributed by atoms with Gasteiger partial charge in [0.15, 0.2) is 0 Å². The Labute approximate surface area is 101 Å². The molecule has 1 saturated heterocycles. The summed E-state index contributed by atoms with van der Waals surface area (Å²) in [6.07, 6.45) is 2.97. The van der Waals surface area contributed by atoms with E-state index >= 15 is 0 Å². The zero-order valence-corrected chi connectivity index (χ0v) is 11.2. The third kappa shape index (κ3) is 2.70. The first kappa shape index (κ1) is 13.4. The van der Waals surface area contributed by atoms with Crippen LogP contribution in [0.2, 0.25) is 0 Å². The second-order valence-corrected chi connectivity index (χ2v) is 5.62. The topological polar surface area (TPSA) is 49.4 Å². The van der Waals surface area contributed by atoms with Crippen LogP contribution in [0.4, 0.5) is 0 Å². The van der Waals surface area contributed by atoms with Gasteiger partial charge >= 0.3 is 0 Å². The molecule has 0 radical (unpaired) electrons. The van der Waals surface area contributed by atoms with Crippen LogP contribution in [0.5, 0.6) is 0 Å². The van der Waals surface area contributed by atoms with E-state index in [0.717, 1.165) is 12.2 Å². The van der Waals surface area contributed by atoms with Crippen molar-refractivity contribution < 1.29 is 9.59 Å². The van der Waals surface area contributed by atoms with Crippen molar-refractivity contribution in [3.63, 3.8) is 0 Å². The summed E-state index contributed by atoms with van der Waals surface area (Å²) < 4.78 is 0. The van der Waals surface area contributed by atoms with Crippen molar-refractivity contribution in [3.05, 3.63) is 0 Å².